The second-order valence-corrected chi connectivity index (χ2v) is 7.63. The number of ether oxygens (including phenoxy) is 2. The number of amides is 1. The molecule has 1 N–H and O–H groups in total. The molecule has 5 heteroatoms. The quantitative estimate of drug-likeness (QED) is 0.472. The molecule has 3 aromatic carbocycles. The zero-order valence-electron chi connectivity index (χ0n) is 17.7. The lowest BCUT2D eigenvalue weighted by Crippen LogP contribution is -2.14. The monoisotopic (exact) mass is 423 g/mol. The van der Waals surface area contributed by atoms with Gasteiger partial charge in [-0.15, -0.1) is 0 Å². The number of carbonyl (C=O) groups excluding carboxylic acids is 1. The van der Waals surface area contributed by atoms with Gasteiger partial charge in [0.05, 0.1) is 6.61 Å². The summed E-state index contributed by atoms with van der Waals surface area (Å²) in [7, 11) is 0. The fourth-order valence-electron chi connectivity index (χ4n) is 3.06. The van der Waals surface area contributed by atoms with E-state index in [1.165, 1.54) is 0 Å². The maximum Gasteiger partial charge on any atom is 0.255 e. The number of rotatable bonds is 7. The second-order valence-electron chi connectivity index (χ2n) is 7.23. The molecule has 3 rings (SSSR count). The minimum Gasteiger partial charge on any atom is -0.493 e. The average Bonchev–Trinajstić information content (AvgIpc) is 2.72. The molecule has 0 radical (unpaired) electrons. The van der Waals surface area contributed by atoms with Crippen molar-refractivity contribution in [1.29, 1.82) is 0 Å². The van der Waals surface area contributed by atoms with Crippen molar-refractivity contribution in [3.8, 4) is 11.5 Å². The average molecular weight is 424 g/mol. The van der Waals surface area contributed by atoms with Gasteiger partial charge in [-0.3, -0.25) is 4.79 Å². The number of nitrogens with one attached hydrogen (secondary N) is 1. The second kappa shape index (κ2) is 9.68. The van der Waals surface area contributed by atoms with Crippen LogP contribution in [-0.2, 0) is 6.61 Å². The molecule has 0 heterocycles. The molecule has 0 unspecified atom stereocenters. The summed E-state index contributed by atoms with van der Waals surface area (Å²) < 4.78 is 11.7. The number of anilines is 1. The van der Waals surface area contributed by atoms with Crippen LogP contribution in [0.1, 0.15) is 39.5 Å². The minimum absolute atomic E-state index is 0.171. The molecule has 0 fully saturated rings. The smallest absolute Gasteiger partial charge is 0.255 e. The van der Waals surface area contributed by atoms with Crippen LogP contribution in [0.15, 0.2) is 54.6 Å². The van der Waals surface area contributed by atoms with Gasteiger partial charge < -0.3 is 14.8 Å². The lowest BCUT2D eigenvalue weighted by Gasteiger charge is -2.14. The normalized spacial score (nSPS) is 10.6. The van der Waals surface area contributed by atoms with Crippen LogP contribution in [0.3, 0.4) is 0 Å². The van der Waals surface area contributed by atoms with Crippen LogP contribution in [-0.4, -0.2) is 12.5 Å². The van der Waals surface area contributed by atoms with E-state index in [4.69, 9.17) is 21.1 Å². The SMILES string of the molecule is CCOc1ccc(C(=O)Nc2cc(C)ccc2C)cc1COc1ccc(Cl)c(C)c1. The number of benzene rings is 3. The molecule has 0 atom stereocenters. The van der Waals surface area contributed by atoms with E-state index in [2.05, 4.69) is 5.32 Å². The highest BCUT2D eigenvalue weighted by molar-refractivity contribution is 6.31. The van der Waals surface area contributed by atoms with Gasteiger partial charge in [0.1, 0.15) is 18.1 Å². The molecule has 0 spiro atoms. The summed E-state index contributed by atoms with van der Waals surface area (Å²) in [5.41, 5.74) is 5.21. The lowest BCUT2D eigenvalue weighted by molar-refractivity contribution is 0.102. The third-order valence-electron chi connectivity index (χ3n) is 4.79. The van der Waals surface area contributed by atoms with Crippen molar-refractivity contribution < 1.29 is 14.3 Å². The molecule has 0 aliphatic heterocycles. The molecule has 0 bridgehead atoms. The van der Waals surface area contributed by atoms with Crippen molar-refractivity contribution in [2.45, 2.75) is 34.3 Å². The van der Waals surface area contributed by atoms with Crippen LogP contribution in [0, 0.1) is 20.8 Å². The summed E-state index contributed by atoms with van der Waals surface area (Å²) in [5.74, 6) is 1.24. The summed E-state index contributed by atoms with van der Waals surface area (Å²) in [6.45, 7) is 8.63. The first kappa shape index (κ1) is 21.7. The van der Waals surface area contributed by atoms with Gasteiger partial charge in [-0.1, -0.05) is 23.7 Å². The molecule has 0 aliphatic rings. The van der Waals surface area contributed by atoms with Gasteiger partial charge in [-0.25, -0.2) is 0 Å². The van der Waals surface area contributed by atoms with Crippen molar-refractivity contribution in [2.75, 3.05) is 11.9 Å². The van der Waals surface area contributed by atoms with E-state index in [-0.39, 0.29) is 12.5 Å². The van der Waals surface area contributed by atoms with Crippen LogP contribution < -0.4 is 14.8 Å². The third kappa shape index (κ3) is 5.33. The Labute approximate surface area is 182 Å². The molecule has 30 heavy (non-hydrogen) atoms. The first-order chi connectivity index (χ1) is 14.4. The Hall–Kier alpha value is -2.98. The standard InChI is InChI=1S/C25H26ClNO3/c1-5-29-24-11-8-19(25(28)27-23-12-16(2)6-7-17(23)3)14-20(24)15-30-21-9-10-22(26)18(4)13-21/h6-14H,5,15H2,1-4H3,(H,27,28). The minimum atomic E-state index is -0.171. The Balaban J connectivity index is 1.81. The molecule has 0 saturated heterocycles. The zero-order chi connectivity index (χ0) is 21.7. The van der Waals surface area contributed by atoms with Crippen molar-refractivity contribution in [1.82, 2.24) is 0 Å². The van der Waals surface area contributed by atoms with Crippen molar-refractivity contribution in [3.05, 3.63) is 87.4 Å². The van der Waals surface area contributed by atoms with Gasteiger partial charge in [0.2, 0.25) is 0 Å². The van der Waals surface area contributed by atoms with E-state index in [1.54, 1.807) is 6.07 Å². The molecule has 3 aromatic rings. The molecule has 0 saturated carbocycles. The first-order valence-electron chi connectivity index (χ1n) is 9.90. The molecule has 156 valence electrons. The largest absolute Gasteiger partial charge is 0.493 e. The van der Waals surface area contributed by atoms with E-state index in [0.717, 1.165) is 27.9 Å². The Kier molecular flexibility index (Phi) is 7.01. The Morgan fingerprint density at radius 2 is 1.73 bits per heavy atom. The van der Waals surface area contributed by atoms with E-state index < -0.39 is 0 Å². The van der Waals surface area contributed by atoms with Gasteiger partial charge in [0.25, 0.3) is 5.91 Å². The summed E-state index contributed by atoms with van der Waals surface area (Å²) in [4.78, 5) is 12.8. The van der Waals surface area contributed by atoms with Gasteiger partial charge >= 0.3 is 0 Å². The van der Waals surface area contributed by atoms with Crippen LogP contribution in [0.4, 0.5) is 5.69 Å². The molecule has 1 amide bonds. The molecule has 0 aliphatic carbocycles. The number of halogens is 1. The maximum absolute atomic E-state index is 12.8. The molecular formula is C25H26ClNO3. The van der Waals surface area contributed by atoms with Gasteiger partial charge in [-0.05, 0) is 86.8 Å². The summed E-state index contributed by atoms with van der Waals surface area (Å²) in [6, 6.07) is 16.9. The summed E-state index contributed by atoms with van der Waals surface area (Å²) >= 11 is 6.09. The van der Waals surface area contributed by atoms with Crippen molar-refractivity contribution in [2.24, 2.45) is 0 Å². The van der Waals surface area contributed by atoms with E-state index >= 15 is 0 Å². The number of carbonyl (C=O) groups is 1. The third-order valence-corrected chi connectivity index (χ3v) is 5.21. The predicted molar refractivity (Wildman–Crippen MR) is 122 cm³/mol. The van der Waals surface area contributed by atoms with Crippen LogP contribution in [0.5, 0.6) is 11.5 Å². The fraction of sp³-hybridized carbons (Fsp3) is 0.240. The highest BCUT2D eigenvalue weighted by Crippen LogP contribution is 2.26. The van der Waals surface area contributed by atoms with Crippen molar-refractivity contribution in [3.63, 3.8) is 0 Å². The predicted octanol–water partition coefficient (Wildman–Crippen LogP) is 6.50. The summed E-state index contributed by atoms with van der Waals surface area (Å²) in [6.07, 6.45) is 0. The Morgan fingerprint density at radius 3 is 2.47 bits per heavy atom. The van der Waals surface area contributed by atoms with Crippen molar-refractivity contribution >= 4 is 23.2 Å². The molecule has 0 aromatic heterocycles. The number of hydrogen-bond donors (Lipinski definition) is 1. The van der Waals surface area contributed by atoms with Crippen LogP contribution in [0.2, 0.25) is 5.02 Å². The Bertz CT molecular complexity index is 1060. The zero-order valence-corrected chi connectivity index (χ0v) is 18.5. The summed E-state index contributed by atoms with van der Waals surface area (Å²) in [5, 5.41) is 3.69. The van der Waals surface area contributed by atoms with E-state index in [1.807, 2.05) is 76.2 Å². The maximum atomic E-state index is 12.8. The van der Waals surface area contributed by atoms with E-state index in [0.29, 0.717) is 28.7 Å². The van der Waals surface area contributed by atoms with E-state index in [9.17, 15) is 4.79 Å². The highest BCUT2D eigenvalue weighted by atomic mass is 35.5. The fourth-order valence-corrected chi connectivity index (χ4v) is 3.18. The first-order valence-corrected chi connectivity index (χ1v) is 10.3. The van der Waals surface area contributed by atoms with Gasteiger partial charge in [-0.2, -0.15) is 0 Å². The van der Waals surface area contributed by atoms with Gasteiger partial charge in [0, 0.05) is 21.8 Å². The number of aryl methyl sites for hydroxylation is 3. The Morgan fingerprint density at radius 1 is 0.933 bits per heavy atom. The molecular weight excluding hydrogens is 398 g/mol. The molecule has 4 nitrogen and oxygen atoms in total. The van der Waals surface area contributed by atoms with Gasteiger partial charge in [0.15, 0.2) is 0 Å². The van der Waals surface area contributed by atoms with Crippen LogP contribution in [0.25, 0.3) is 0 Å². The topological polar surface area (TPSA) is 47.6 Å². The number of hydrogen-bond acceptors (Lipinski definition) is 3. The lowest BCUT2D eigenvalue weighted by atomic mass is 10.1. The highest BCUT2D eigenvalue weighted by Gasteiger charge is 2.13. The van der Waals surface area contributed by atoms with Crippen LogP contribution >= 0.6 is 11.6 Å².